The molecule has 1 atom stereocenters. The van der Waals surface area contributed by atoms with E-state index in [0.29, 0.717) is 27.2 Å². The normalized spacial score (nSPS) is 13.8. The molecule has 0 fully saturated rings. The van der Waals surface area contributed by atoms with Crippen LogP contribution in [0.25, 0.3) is 0 Å². The van der Waals surface area contributed by atoms with Crippen LogP contribution in [0.3, 0.4) is 0 Å². The molecule has 1 unspecified atom stereocenters. The lowest BCUT2D eigenvalue weighted by Crippen LogP contribution is -2.31. The fourth-order valence-corrected chi connectivity index (χ4v) is 5.06. The van der Waals surface area contributed by atoms with Crippen molar-refractivity contribution in [3.8, 4) is 11.5 Å². The van der Waals surface area contributed by atoms with Crippen molar-refractivity contribution < 1.29 is 24.5 Å². The molecule has 2 N–H and O–H groups in total. The number of nitrogens with zero attached hydrogens (tertiary/aromatic N) is 3. The highest BCUT2D eigenvalue weighted by Crippen LogP contribution is 2.39. The number of carbonyl (C=O) groups is 1. The van der Waals surface area contributed by atoms with Crippen molar-refractivity contribution in [3.05, 3.63) is 132 Å². The molecule has 11 nitrogen and oxygen atoms in total. The predicted molar refractivity (Wildman–Crippen MR) is 166 cm³/mol. The number of hydrogen-bond donors (Lipinski definition) is 2. The predicted octanol–water partition coefficient (Wildman–Crippen LogP) is 8.38. The van der Waals surface area contributed by atoms with Crippen molar-refractivity contribution in [1.29, 1.82) is 0 Å². The molecule has 0 bridgehead atoms. The summed E-state index contributed by atoms with van der Waals surface area (Å²) in [6.45, 7) is 1.59. The summed E-state index contributed by atoms with van der Waals surface area (Å²) >= 11 is 12.5. The third-order valence-electron chi connectivity index (χ3n) is 6.36. The molecule has 224 valence electrons. The van der Waals surface area contributed by atoms with Gasteiger partial charge in [-0.2, -0.15) is 0 Å². The van der Waals surface area contributed by atoms with Gasteiger partial charge in [0, 0.05) is 59.0 Å². The number of nitro benzene ring substituents is 2. The quantitative estimate of drug-likeness (QED) is 0.157. The molecule has 1 aliphatic rings. The van der Waals surface area contributed by atoms with Gasteiger partial charge in [0.15, 0.2) is 0 Å². The average Bonchev–Trinajstić information content (AvgIpc) is 2.94. The maximum atomic E-state index is 10.8. The number of benzene rings is 4. The van der Waals surface area contributed by atoms with Crippen LogP contribution >= 0.6 is 35.6 Å². The summed E-state index contributed by atoms with van der Waals surface area (Å²) in [5.74, 6) is 0.925. The van der Waals surface area contributed by atoms with Gasteiger partial charge in [-0.25, -0.2) is 4.79 Å². The largest absolute Gasteiger partial charge is 0.465 e. The van der Waals surface area contributed by atoms with Crippen molar-refractivity contribution in [1.82, 2.24) is 4.90 Å². The lowest BCUT2D eigenvalue weighted by molar-refractivity contribution is -0.385. The van der Waals surface area contributed by atoms with Crippen LogP contribution in [0.4, 0.5) is 21.9 Å². The summed E-state index contributed by atoms with van der Waals surface area (Å²) in [6, 6.07) is 22.3. The first-order valence-electron chi connectivity index (χ1n) is 12.4. The summed E-state index contributed by atoms with van der Waals surface area (Å²) < 4.78 is 5.40. The van der Waals surface area contributed by atoms with Crippen LogP contribution in [0.15, 0.2) is 84.9 Å². The standard InChI is InChI=1S/C17H16Cl2N2O2.C12H8N2O5.ClH/c1-21-8-14(10-3-2-4-12(5-10)20-17(22)23)13-6-11(18)7-16(19)15(13)9-21;15-13(16)9-1-5-11(6-2-9)19-12-7-3-10(4-8-12)14(17)18;/h2-7,14,20H,8-9H2,1H3,(H,22,23);1-8H;1H. The smallest absolute Gasteiger partial charge is 0.409 e. The Labute approximate surface area is 262 Å². The summed E-state index contributed by atoms with van der Waals surface area (Å²) in [7, 11) is 2.04. The van der Waals surface area contributed by atoms with Crippen molar-refractivity contribution in [2.45, 2.75) is 12.5 Å². The Hall–Kier alpha value is -4.42. The average molecular weight is 648 g/mol. The van der Waals surface area contributed by atoms with Crippen LogP contribution in [0.5, 0.6) is 11.5 Å². The van der Waals surface area contributed by atoms with Crippen LogP contribution in [0, 0.1) is 20.2 Å². The second-order valence-electron chi connectivity index (χ2n) is 9.36. The van der Waals surface area contributed by atoms with Crippen LogP contribution in [0.2, 0.25) is 10.0 Å². The van der Waals surface area contributed by atoms with Gasteiger partial charge in [-0.15, -0.1) is 12.4 Å². The number of halogens is 3. The van der Waals surface area contributed by atoms with E-state index >= 15 is 0 Å². The van der Waals surface area contributed by atoms with E-state index in [1.54, 1.807) is 12.1 Å². The Kier molecular flexibility index (Phi) is 11.3. The monoisotopic (exact) mass is 646 g/mol. The van der Waals surface area contributed by atoms with E-state index in [1.807, 2.05) is 31.3 Å². The number of anilines is 1. The molecule has 0 aliphatic carbocycles. The SMILES string of the molecule is CN1Cc2c(Cl)cc(Cl)cc2C(c2cccc(NC(=O)O)c2)C1.Cl.O=[N+]([O-])c1ccc(Oc2ccc([N+](=O)[O-])cc2)cc1. The van der Waals surface area contributed by atoms with Gasteiger partial charge in [0.2, 0.25) is 0 Å². The highest BCUT2D eigenvalue weighted by Gasteiger charge is 2.27. The zero-order valence-corrected chi connectivity index (χ0v) is 24.8. The van der Waals surface area contributed by atoms with Crippen LogP contribution in [-0.2, 0) is 6.54 Å². The minimum Gasteiger partial charge on any atom is -0.465 e. The summed E-state index contributed by atoms with van der Waals surface area (Å²) in [4.78, 5) is 33.0. The number of amides is 1. The molecule has 1 amide bonds. The lowest BCUT2D eigenvalue weighted by Gasteiger charge is -2.33. The minimum absolute atomic E-state index is 0. The number of carboxylic acid groups (broad SMARTS) is 1. The topological polar surface area (TPSA) is 148 Å². The third-order valence-corrected chi connectivity index (χ3v) is 6.92. The maximum absolute atomic E-state index is 10.8. The molecule has 4 aromatic carbocycles. The molecule has 43 heavy (non-hydrogen) atoms. The van der Waals surface area contributed by atoms with E-state index in [9.17, 15) is 25.0 Å². The van der Waals surface area contributed by atoms with Crippen LogP contribution < -0.4 is 10.1 Å². The zero-order valence-electron chi connectivity index (χ0n) is 22.5. The maximum Gasteiger partial charge on any atom is 0.409 e. The van der Waals surface area contributed by atoms with Crippen LogP contribution in [-0.4, -0.2) is 39.5 Å². The summed E-state index contributed by atoms with van der Waals surface area (Å²) in [5, 5.41) is 33.5. The molecule has 5 rings (SSSR count). The number of nitrogens with one attached hydrogen (secondary N) is 1. The number of hydrogen-bond acceptors (Lipinski definition) is 7. The second-order valence-corrected chi connectivity index (χ2v) is 10.2. The van der Waals surface area contributed by atoms with Crippen molar-refractivity contribution >= 4 is 58.8 Å². The van der Waals surface area contributed by atoms with Gasteiger partial charge in [-0.05, 0) is 72.3 Å². The molecule has 0 spiro atoms. The van der Waals surface area contributed by atoms with E-state index in [1.165, 1.54) is 48.5 Å². The molecule has 0 aromatic heterocycles. The first-order valence-corrected chi connectivity index (χ1v) is 13.2. The van der Waals surface area contributed by atoms with Crippen molar-refractivity contribution in [3.63, 3.8) is 0 Å². The number of nitro groups is 2. The van der Waals surface area contributed by atoms with E-state index in [0.717, 1.165) is 29.8 Å². The van der Waals surface area contributed by atoms with Gasteiger partial charge in [0.05, 0.1) is 9.85 Å². The number of rotatable bonds is 6. The van der Waals surface area contributed by atoms with Gasteiger partial charge in [0.25, 0.3) is 11.4 Å². The number of fused-ring (bicyclic) bond motifs is 1. The third kappa shape index (κ3) is 8.79. The van der Waals surface area contributed by atoms with Gasteiger partial charge in [-0.1, -0.05) is 35.3 Å². The van der Waals surface area contributed by atoms with Crippen LogP contribution in [0.1, 0.15) is 22.6 Å². The van der Waals surface area contributed by atoms with E-state index in [2.05, 4.69) is 10.2 Å². The Morgan fingerprint density at radius 2 is 1.49 bits per heavy atom. The molecule has 14 heteroatoms. The van der Waals surface area contributed by atoms with Gasteiger partial charge < -0.3 is 14.7 Å². The zero-order chi connectivity index (χ0) is 30.4. The first-order chi connectivity index (χ1) is 20.0. The molecule has 0 saturated heterocycles. The van der Waals surface area contributed by atoms with Gasteiger partial charge >= 0.3 is 6.09 Å². The second kappa shape index (κ2) is 14.7. The Morgan fingerprint density at radius 3 is 2.00 bits per heavy atom. The molecule has 4 aromatic rings. The fraction of sp³-hybridized carbons (Fsp3) is 0.138. The first kappa shape index (κ1) is 33.1. The highest BCUT2D eigenvalue weighted by molar-refractivity contribution is 6.35. The molecular formula is C29H25Cl3N4O7. The molecule has 0 radical (unpaired) electrons. The lowest BCUT2D eigenvalue weighted by atomic mass is 9.84. The summed E-state index contributed by atoms with van der Waals surface area (Å²) in [6.07, 6.45) is -1.07. The Morgan fingerprint density at radius 1 is 0.930 bits per heavy atom. The fourth-order valence-electron chi connectivity index (χ4n) is 4.50. The van der Waals surface area contributed by atoms with Crippen molar-refractivity contribution in [2.75, 3.05) is 18.9 Å². The van der Waals surface area contributed by atoms with Crippen molar-refractivity contribution in [2.24, 2.45) is 0 Å². The van der Waals surface area contributed by atoms with E-state index in [4.69, 9.17) is 33.0 Å². The van der Waals surface area contributed by atoms with E-state index in [-0.39, 0.29) is 29.7 Å². The minimum atomic E-state index is -1.07. The Bertz CT molecular complexity index is 1560. The molecule has 1 heterocycles. The highest BCUT2D eigenvalue weighted by atomic mass is 35.5. The number of non-ortho nitro benzene ring substituents is 2. The van der Waals surface area contributed by atoms with Gasteiger partial charge in [0.1, 0.15) is 11.5 Å². The molecular weight excluding hydrogens is 623 g/mol. The molecule has 0 saturated carbocycles. The number of likely N-dealkylation sites (N-methyl/N-ethyl adjacent to an activating group) is 1. The Balaban J connectivity index is 0.000000234. The number of ether oxygens (including phenoxy) is 1. The summed E-state index contributed by atoms with van der Waals surface area (Å²) in [5.41, 5.74) is 3.70. The molecule has 1 aliphatic heterocycles. The van der Waals surface area contributed by atoms with E-state index < -0.39 is 15.9 Å². The van der Waals surface area contributed by atoms with Gasteiger partial charge in [-0.3, -0.25) is 25.5 Å².